The van der Waals surface area contributed by atoms with E-state index in [1.54, 1.807) is 6.07 Å². The molecule has 1 unspecified atom stereocenters. The van der Waals surface area contributed by atoms with Crippen molar-refractivity contribution in [3.63, 3.8) is 0 Å². The summed E-state index contributed by atoms with van der Waals surface area (Å²) in [6.07, 6.45) is 0. The van der Waals surface area contributed by atoms with E-state index in [0.717, 1.165) is 11.1 Å². The fourth-order valence-corrected chi connectivity index (χ4v) is 1.74. The van der Waals surface area contributed by atoms with Crippen molar-refractivity contribution in [2.45, 2.75) is 26.3 Å². The first-order valence-corrected chi connectivity index (χ1v) is 5.92. The molecule has 19 heavy (non-hydrogen) atoms. The predicted octanol–water partition coefficient (Wildman–Crippen LogP) is 1.52. The Morgan fingerprint density at radius 2 is 2.00 bits per heavy atom. The van der Waals surface area contributed by atoms with Gasteiger partial charge in [0.15, 0.2) is 5.54 Å². The SMILES string of the molecule is COCC(C)(NC(=O)c1cc(C)ccc1C)C(=O)O. The van der Waals surface area contributed by atoms with Gasteiger partial charge in [-0.05, 0) is 32.4 Å². The third-order valence-corrected chi connectivity index (χ3v) is 2.93. The first-order valence-electron chi connectivity index (χ1n) is 5.92. The molecule has 0 aromatic heterocycles. The van der Waals surface area contributed by atoms with Crippen LogP contribution in [0, 0.1) is 13.8 Å². The molecule has 1 amide bonds. The number of methoxy groups -OCH3 is 1. The van der Waals surface area contributed by atoms with Crippen LogP contribution in [0.25, 0.3) is 0 Å². The highest BCUT2D eigenvalue weighted by molar-refractivity contribution is 5.99. The Morgan fingerprint density at radius 3 is 2.53 bits per heavy atom. The molecule has 0 saturated heterocycles. The van der Waals surface area contributed by atoms with Gasteiger partial charge in [-0.1, -0.05) is 17.7 Å². The number of aliphatic carboxylic acids is 1. The number of amides is 1. The van der Waals surface area contributed by atoms with Gasteiger partial charge in [0.25, 0.3) is 5.91 Å². The molecule has 1 atom stereocenters. The second-order valence-electron chi connectivity index (χ2n) is 4.84. The Morgan fingerprint density at radius 1 is 1.37 bits per heavy atom. The summed E-state index contributed by atoms with van der Waals surface area (Å²) in [5.74, 6) is -1.55. The number of carboxylic acids is 1. The number of carboxylic acid groups (broad SMARTS) is 1. The van der Waals surface area contributed by atoms with E-state index in [1.807, 2.05) is 26.0 Å². The van der Waals surface area contributed by atoms with Gasteiger partial charge >= 0.3 is 5.97 Å². The van der Waals surface area contributed by atoms with E-state index in [9.17, 15) is 14.7 Å². The second-order valence-corrected chi connectivity index (χ2v) is 4.84. The number of carbonyl (C=O) groups is 2. The van der Waals surface area contributed by atoms with Crippen LogP contribution in [0.2, 0.25) is 0 Å². The zero-order valence-electron chi connectivity index (χ0n) is 11.6. The van der Waals surface area contributed by atoms with Crippen LogP contribution in [-0.2, 0) is 9.53 Å². The van der Waals surface area contributed by atoms with Crippen LogP contribution in [0.1, 0.15) is 28.4 Å². The lowest BCUT2D eigenvalue weighted by Crippen LogP contribution is -2.55. The van der Waals surface area contributed by atoms with Crippen molar-refractivity contribution in [2.75, 3.05) is 13.7 Å². The van der Waals surface area contributed by atoms with Gasteiger partial charge in [0.2, 0.25) is 0 Å². The summed E-state index contributed by atoms with van der Waals surface area (Å²) in [4.78, 5) is 23.4. The summed E-state index contributed by atoms with van der Waals surface area (Å²) in [5, 5.41) is 11.7. The first kappa shape index (κ1) is 15.2. The number of benzene rings is 1. The molecular weight excluding hydrogens is 246 g/mol. The maximum Gasteiger partial charge on any atom is 0.331 e. The quantitative estimate of drug-likeness (QED) is 0.846. The average molecular weight is 265 g/mol. The minimum absolute atomic E-state index is 0.0983. The molecule has 0 spiro atoms. The van der Waals surface area contributed by atoms with Gasteiger partial charge < -0.3 is 15.2 Å². The number of nitrogens with one attached hydrogen (secondary N) is 1. The highest BCUT2D eigenvalue weighted by Gasteiger charge is 2.35. The van der Waals surface area contributed by atoms with Gasteiger partial charge in [0.05, 0.1) is 6.61 Å². The van der Waals surface area contributed by atoms with Gasteiger partial charge in [-0.2, -0.15) is 0 Å². The zero-order chi connectivity index (χ0) is 14.6. The molecule has 104 valence electrons. The van der Waals surface area contributed by atoms with Crippen LogP contribution in [0.3, 0.4) is 0 Å². The molecule has 5 heteroatoms. The summed E-state index contributed by atoms with van der Waals surface area (Å²) in [6.45, 7) is 5.01. The Kier molecular flexibility index (Phi) is 4.67. The summed E-state index contributed by atoms with van der Waals surface area (Å²) >= 11 is 0. The fourth-order valence-electron chi connectivity index (χ4n) is 1.74. The molecule has 5 nitrogen and oxygen atoms in total. The molecule has 0 radical (unpaired) electrons. The Hall–Kier alpha value is -1.88. The Bertz CT molecular complexity index is 498. The average Bonchev–Trinajstić information content (AvgIpc) is 2.32. The van der Waals surface area contributed by atoms with E-state index in [-0.39, 0.29) is 6.61 Å². The topological polar surface area (TPSA) is 75.6 Å². The largest absolute Gasteiger partial charge is 0.479 e. The summed E-state index contributed by atoms with van der Waals surface area (Å²) in [5.41, 5.74) is 0.776. The van der Waals surface area contributed by atoms with Gasteiger partial charge in [-0.25, -0.2) is 4.79 Å². The number of carbonyl (C=O) groups excluding carboxylic acids is 1. The molecule has 0 aliphatic carbocycles. The normalized spacial score (nSPS) is 13.7. The van der Waals surface area contributed by atoms with Crippen molar-refractivity contribution in [2.24, 2.45) is 0 Å². The second kappa shape index (κ2) is 5.84. The van der Waals surface area contributed by atoms with Crippen molar-refractivity contribution >= 4 is 11.9 Å². The first-order chi connectivity index (χ1) is 8.80. The Labute approximate surface area is 112 Å². The molecule has 1 aromatic rings. The lowest BCUT2D eigenvalue weighted by molar-refractivity contribution is -0.145. The number of ether oxygens (including phenoxy) is 1. The monoisotopic (exact) mass is 265 g/mol. The minimum Gasteiger partial charge on any atom is -0.479 e. The Balaban J connectivity index is 3.00. The minimum atomic E-state index is -1.44. The zero-order valence-corrected chi connectivity index (χ0v) is 11.6. The van der Waals surface area contributed by atoms with Crippen LogP contribution in [0.15, 0.2) is 18.2 Å². The number of hydrogen-bond acceptors (Lipinski definition) is 3. The third kappa shape index (κ3) is 3.54. The van der Waals surface area contributed by atoms with Crippen LogP contribution in [-0.4, -0.2) is 36.2 Å². The van der Waals surface area contributed by atoms with E-state index < -0.39 is 17.4 Å². The van der Waals surface area contributed by atoms with Gasteiger partial charge in [0, 0.05) is 12.7 Å². The highest BCUT2D eigenvalue weighted by Crippen LogP contribution is 2.13. The van der Waals surface area contributed by atoms with E-state index in [4.69, 9.17) is 4.74 Å². The van der Waals surface area contributed by atoms with Crippen molar-refractivity contribution in [1.82, 2.24) is 5.32 Å². The van der Waals surface area contributed by atoms with Gasteiger partial charge in [0.1, 0.15) is 0 Å². The highest BCUT2D eigenvalue weighted by atomic mass is 16.5. The summed E-state index contributed by atoms with van der Waals surface area (Å²) in [7, 11) is 1.39. The molecule has 1 aromatic carbocycles. The molecule has 0 saturated carbocycles. The molecule has 0 aliphatic rings. The van der Waals surface area contributed by atoms with Crippen molar-refractivity contribution in [3.8, 4) is 0 Å². The van der Waals surface area contributed by atoms with Crippen molar-refractivity contribution in [1.29, 1.82) is 0 Å². The molecule has 1 rings (SSSR count). The standard InChI is InChI=1S/C14H19NO4/c1-9-5-6-10(2)11(7-9)12(16)15-14(3,8-19-4)13(17)18/h5-7H,8H2,1-4H3,(H,15,16)(H,17,18). The van der Waals surface area contributed by atoms with Crippen molar-refractivity contribution < 1.29 is 19.4 Å². The van der Waals surface area contributed by atoms with Crippen LogP contribution in [0.4, 0.5) is 0 Å². The maximum atomic E-state index is 12.2. The molecule has 0 aliphatic heterocycles. The van der Waals surface area contributed by atoms with Gasteiger partial charge in [-0.15, -0.1) is 0 Å². The van der Waals surface area contributed by atoms with E-state index >= 15 is 0 Å². The smallest absolute Gasteiger partial charge is 0.331 e. The lowest BCUT2D eigenvalue weighted by Gasteiger charge is -2.25. The fraction of sp³-hybridized carbons (Fsp3) is 0.429. The maximum absolute atomic E-state index is 12.2. The van der Waals surface area contributed by atoms with Crippen LogP contribution >= 0.6 is 0 Å². The van der Waals surface area contributed by atoms with Gasteiger partial charge in [-0.3, -0.25) is 4.79 Å². The molecule has 2 N–H and O–H groups in total. The number of rotatable bonds is 5. The lowest BCUT2D eigenvalue weighted by atomic mass is 10.0. The molecule has 0 heterocycles. The van der Waals surface area contributed by atoms with E-state index in [0.29, 0.717) is 5.56 Å². The predicted molar refractivity (Wildman–Crippen MR) is 71.3 cm³/mol. The molecule has 0 fully saturated rings. The van der Waals surface area contributed by atoms with E-state index in [1.165, 1.54) is 14.0 Å². The summed E-state index contributed by atoms with van der Waals surface area (Å²) in [6, 6.07) is 5.47. The van der Waals surface area contributed by atoms with E-state index in [2.05, 4.69) is 5.32 Å². The number of hydrogen-bond donors (Lipinski definition) is 2. The third-order valence-electron chi connectivity index (χ3n) is 2.93. The molecular formula is C14H19NO4. The van der Waals surface area contributed by atoms with Crippen LogP contribution in [0.5, 0.6) is 0 Å². The summed E-state index contributed by atoms with van der Waals surface area (Å²) < 4.78 is 4.86. The van der Waals surface area contributed by atoms with Crippen molar-refractivity contribution in [3.05, 3.63) is 34.9 Å². The number of aryl methyl sites for hydroxylation is 2. The molecule has 0 bridgehead atoms. The van der Waals surface area contributed by atoms with Crippen LogP contribution < -0.4 is 5.32 Å².